The first kappa shape index (κ1) is 20.5. The molecule has 26 heavy (non-hydrogen) atoms. The van der Waals surface area contributed by atoms with Gasteiger partial charge in [0.15, 0.2) is 5.96 Å². The quantitative estimate of drug-likeness (QED) is 0.422. The predicted octanol–water partition coefficient (Wildman–Crippen LogP) is 2.46. The molecule has 6 nitrogen and oxygen atoms in total. The van der Waals surface area contributed by atoms with E-state index in [1.54, 1.807) is 10.7 Å². The van der Waals surface area contributed by atoms with Crippen LogP contribution in [-0.2, 0) is 13.6 Å². The van der Waals surface area contributed by atoms with Crippen LogP contribution in [0, 0.1) is 5.82 Å². The molecule has 0 bridgehead atoms. The second-order valence-electron chi connectivity index (χ2n) is 6.12. The highest BCUT2D eigenvalue weighted by Gasteiger charge is 2.21. The molecule has 0 saturated carbocycles. The molecule has 2 aromatic rings. The van der Waals surface area contributed by atoms with Gasteiger partial charge in [-0.05, 0) is 19.1 Å². The number of aromatic nitrogens is 2. The van der Waals surface area contributed by atoms with E-state index in [2.05, 4.69) is 27.1 Å². The molecule has 0 atom stereocenters. The second-order valence-corrected chi connectivity index (χ2v) is 6.12. The summed E-state index contributed by atoms with van der Waals surface area (Å²) in [5, 5.41) is 7.53. The molecule has 1 aromatic carbocycles. The van der Waals surface area contributed by atoms with Gasteiger partial charge < -0.3 is 15.1 Å². The first-order valence-electron chi connectivity index (χ1n) is 8.67. The lowest BCUT2D eigenvalue weighted by Gasteiger charge is -2.37. The fourth-order valence-corrected chi connectivity index (χ4v) is 3.01. The van der Waals surface area contributed by atoms with Gasteiger partial charge >= 0.3 is 0 Å². The van der Waals surface area contributed by atoms with E-state index < -0.39 is 0 Å². The molecule has 0 aliphatic carbocycles. The van der Waals surface area contributed by atoms with Gasteiger partial charge in [-0.15, -0.1) is 24.0 Å². The zero-order valence-electron chi connectivity index (χ0n) is 15.2. The maximum Gasteiger partial charge on any atom is 0.194 e. The summed E-state index contributed by atoms with van der Waals surface area (Å²) in [4.78, 5) is 9.05. The monoisotopic (exact) mass is 472 g/mol. The predicted molar refractivity (Wildman–Crippen MR) is 114 cm³/mol. The van der Waals surface area contributed by atoms with Crippen LogP contribution < -0.4 is 10.2 Å². The Morgan fingerprint density at radius 3 is 2.58 bits per heavy atom. The summed E-state index contributed by atoms with van der Waals surface area (Å²) in [6.45, 7) is 6.66. The smallest absolute Gasteiger partial charge is 0.194 e. The highest BCUT2D eigenvalue weighted by Crippen LogP contribution is 2.20. The number of hydrogen-bond donors (Lipinski definition) is 1. The Balaban J connectivity index is 0.00000243. The molecule has 0 amide bonds. The van der Waals surface area contributed by atoms with E-state index in [-0.39, 0.29) is 29.8 Å². The third-order valence-corrected chi connectivity index (χ3v) is 4.28. The Hall–Kier alpha value is -1.84. The van der Waals surface area contributed by atoms with Crippen molar-refractivity contribution in [3.05, 3.63) is 48.0 Å². The summed E-state index contributed by atoms with van der Waals surface area (Å²) >= 11 is 0. The summed E-state index contributed by atoms with van der Waals surface area (Å²) in [6.07, 6.45) is 3.81. The summed E-state index contributed by atoms with van der Waals surface area (Å²) in [5.41, 5.74) is 1.77. The number of rotatable bonds is 4. The Morgan fingerprint density at radius 2 is 1.96 bits per heavy atom. The minimum absolute atomic E-state index is 0. The van der Waals surface area contributed by atoms with E-state index in [0.717, 1.165) is 44.2 Å². The summed E-state index contributed by atoms with van der Waals surface area (Å²) in [7, 11) is 1.90. The maximum atomic E-state index is 14.0. The van der Waals surface area contributed by atoms with E-state index >= 15 is 0 Å². The van der Waals surface area contributed by atoms with E-state index in [1.807, 2.05) is 31.6 Å². The summed E-state index contributed by atoms with van der Waals surface area (Å²) < 4.78 is 15.7. The van der Waals surface area contributed by atoms with Crippen molar-refractivity contribution in [1.82, 2.24) is 20.0 Å². The molecule has 1 fully saturated rings. The molecule has 2 heterocycles. The lowest BCUT2D eigenvalue weighted by Crippen LogP contribution is -2.52. The van der Waals surface area contributed by atoms with Crippen LogP contribution in [0.4, 0.5) is 10.1 Å². The summed E-state index contributed by atoms with van der Waals surface area (Å²) in [6, 6.07) is 6.96. The van der Waals surface area contributed by atoms with Crippen molar-refractivity contribution >= 4 is 35.6 Å². The minimum atomic E-state index is -0.159. The Morgan fingerprint density at radius 1 is 1.23 bits per heavy atom. The van der Waals surface area contributed by atoms with Crippen molar-refractivity contribution in [1.29, 1.82) is 0 Å². The van der Waals surface area contributed by atoms with Crippen LogP contribution in [0.2, 0.25) is 0 Å². The van der Waals surface area contributed by atoms with E-state index in [4.69, 9.17) is 4.99 Å². The van der Waals surface area contributed by atoms with Crippen molar-refractivity contribution in [2.75, 3.05) is 37.6 Å². The van der Waals surface area contributed by atoms with Crippen LogP contribution in [0.5, 0.6) is 0 Å². The van der Waals surface area contributed by atoms with Gasteiger partial charge in [-0.3, -0.25) is 4.68 Å². The van der Waals surface area contributed by atoms with Crippen LogP contribution >= 0.6 is 24.0 Å². The minimum Gasteiger partial charge on any atom is -0.366 e. The number of guanidine groups is 1. The molecule has 0 unspecified atom stereocenters. The molecule has 1 N–H and O–H groups in total. The van der Waals surface area contributed by atoms with E-state index in [0.29, 0.717) is 12.2 Å². The molecule has 0 spiro atoms. The topological polar surface area (TPSA) is 48.7 Å². The number of anilines is 1. The number of halogens is 2. The molecule has 8 heteroatoms. The van der Waals surface area contributed by atoms with Crippen LogP contribution in [0.1, 0.15) is 12.5 Å². The lowest BCUT2D eigenvalue weighted by molar-refractivity contribution is 0.370. The van der Waals surface area contributed by atoms with Crippen LogP contribution in [-0.4, -0.2) is 53.4 Å². The van der Waals surface area contributed by atoms with Gasteiger partial charge in [0.1, 0.15) is 5.82 Å². The largest absolute Gasteiger partial charge is 0.366 e. The number of hydrogen-bond acceptors (Lipinski definition) is 3. The molecular weight excluding hydrogens is 446 g/mol. The van der Waals surface area contributed by atoms with Crippen molar-refractivity contribution < 1.29 is 4.39 Å². The van der Waals surface area contributed by atoms with Crippen molar-refractivity contribution in [2.24, 2.45) is 12.0 Å². The fraction of sp³-hybridized carbons (Fsp3) is 0.444. The zero-order valence-corrected chi connectivity index (χ0v) is 17.6. The molecule has 1 aromatic heterocycles. The number of aryl methyl sites for hydroxylation is 1. The lowest BCUT2D eigenvalue weighted by atomic mass is 10.2. The fourth-order valence-electron chi connectivity index (χ4n) is 3.01. The third kappa shape index (κ3) is 5.09. The average Bonchev–Trinajstić information content (AvgIpc) is 3.05. The molecule has 1 aliphatic rings. The standard InChI is InChI=1S/C18H25FN6.HI/c1-3-20-18(21-12-15-13-22-23(2)14-15)25-10-8-24(9-11-25)17-7-5-4-6-16(17)19;/h4-7,13-14H,3,8-12H2,1-2H3,(H,20,21);1H. The highest BCUT2D eigenvalue weighted by molar-refractivity contribution is 14.0. The Labute approximate surface area is 171 Å². The molecule has 3 rings (SSSR count). The SMILES string of the molecule is CCNC(=NCc1cnn(C)c1)N1CCN(c2ccccc2F)CC1.I. The molecule has 0 radical (unpaired) electrons. The van der Waals surface area contributed by atoms with Gasteiger partial charge in [-0.1, -0.05) is 12.1 Å². The van der Waals surface area contributed by atoms with E-state index in [1.165, 1.54) is 6.07 Å². The maximum absolute atomic E-state index is 14.0. The van der Waals surface area contributed by atoms with Gasteiger partial charge in [0.2, 0.25) is 0 Å². The summed E-state index contributed by atoms with van der Waals surface area (Å²) in [5.74, 6) is 0.743. The number of nitrogens with zero attached hydrogens (tertiary/aromatic N) is 5. The van der Waals surface area contributed by atoms with Gasteiger partial charge in [0.25, 0.3) is 0 Å². The number of benzene rings is 1. The molecule has 142 valence electrons. The zero-order chi connectivity index (χ0) is 17.6. The molecule has 1 aliphatic heterocycles. The highest BCUT2D eigenvalue weighted by atomic mass is 127. The number of piperazine rings is 1. The van der Waals surface area contributed by atoms with Crippen molar-refractivity contribution in [3.63, 3.8) is 0 Å². The molecular formula is C18H26FIN6. The van der Waals surface area contributed by atoms with Crippen LogP contribution in [0.3, 0.4) is 0 Å². The van der Waals surface area contributed by atoms with Gasteiger partial charge in [-0.2, -0.15) is 5.10 Å². The second kappa shape index (κ2) is 9.75. The van der Waals surface area contributed by atoms with Crippen LogP contribution in [0.15, 0.2) is 41.7 Å². The first-order valence-corrected chi connectivity index (χ1v) is 8.67. The van der Waals surface area contributed by atoms with E-state index in [9.17, 15) is 4.39 Å². The van der Waals surface area contributed by atoms with Gasteiger partial charge in [-0.25, -0.2) is 9.38 Å². The third-order valence-electron chi connectivity index (χ3n) is 4.28. The average molecular weight is 472 g/mol. The van der Waals surface area contributed by atoms with Gasteiger partial charge in [0.05, 0.1) is 18.4 Å². The first-order chi connectivity index (χ1) is 12.2. The number of nitrogens with one attached hydrogen (secondary N) is 1. The van der Waals surface area contributed by atoms with Crippen molar-refractivity contribution in [2.45, 2.75) is 13.5 Å². The Bertz CT molecular complexity index is 724. The molecule has 1 saturated heterocycles. The van der Waals surface area contributed by atoms with Gasteiger partial charge in [0, 0.05) is 51.5 Å². The number of para-hydroxylation sites is 1. The number of aliphatic imine (C=N–C) groups is 1. The van der Waals surface area contributed by atoms with Crippen LogP contribution in [0.25, 0.3) is 0 Å². The Kier molecular flexibility index (Phi) is 7.67. The normalized spacial score (nSPS) is 15.0. The van der Waals surface area contributed by atoms with Crippen molar-refractivity contribution in [3.8, 4) is 0 Å².